The Labute approximate surface area is 132 Å². The van der Waals surface area contributed by atoms with Gasteiger partial charge in [0.05, 0.1) is 0 Å². The molecule has 120 valence electrons. The first kappa shape index (κ1) is 15.3. The van der Waals surface area contributed by atoms with E-state index in [0.29, 0.717) is 12.6 Å². The van der Waals surface area contributed by atoms with Gasteiger partial charge in [-0.05, 0) is 62.8 Å². The Morgan fingerprint density at radius 3 is 2.73 bits per heavy atom. The van der Waals surface area contributed by atoms with E-state index in [-0.39, 0.29) is 12.0 Å². The molecule has 0 aromatic heterocycles. The van der Waals surface area contributed by atoms with Crippen LogP contribution in [0.1, 0.15) is 45.4 Å². The van der Waals surface area contributed by atoms with E-state index in [2.05, 4.69) is 29.3 Å². The number of nitrogens with zero attached hydrogens (tertiary/aromatic N) is 1. The van der Waals surface area contributed by atoms with Crippen molar-refractivity contribution in [1.82, 2.24) is 0 Å². The summed E-state index contributed by atoms with van der Waals surface area (Å²) in [5, 5.41) is 2.96. The molecule has 1 N–H and O–H groups in total. The molecule has 2 fully saturated rings. The summed E-state index contributed by atoms with van der Waals surface area (Å²) in [4.78, 5) is 14.6. The van der Waals surface area contributed by atoms with E-state index in [4.69, 9.17) is 4.74 Å². The van der Waals surface area contributed by atoms with Crippen LogP contribution < -0.4 is 10.2 Å². The van der Waals surface area contributed by atoms with Crippen molar-refractivity contribution < 1.29 is 9.53 Å². The Kier molecular flexibility index (Phi) is 4.98. The number of carbonyl (C=O) groups is 1. The van der Waals surface area contributed by atoms with Gasteiger partial charge in [0.1, 0.15) is 6.10 Å². The number of piperidine rings is 1. The fourth-order valence-electron chi connectivity index (χ4n) is 3.51. The number of hydrogen-bond donors (Lipinski definition) is 1. The van der Waals surface area contributed by atoms with E-state index in [1.807, 2.05) is 12.1 Å². The highest BCUT2D eigenvalue weighted by molar-refractivity contribution is 5.94. The van der Waals surface area contributed by atoms with Crippen LogP contribution in [0.25, 0.3) is 0 Å². The molecule has 4 nitrogen and oxygen atoms in total. The minimum atomic E-state index is -0.272. The Morgan fingerprint density at radius 2 is 2.05 bits per heavy atom. The topological polar surface area (TPSA) is 41.6 Å². The minimum Gasteiger partial charge on any atom is -0.369 e. The molecule has 4 heteroatoms. The molecule has 2 atom stereocenters. The van der Waals surface area contributed by atoms with Crippen LogP contribution in [0.2, 0.25) is 0 Å². The molecular weight excluding hydrogens is 276 g/mol. The lowest BCUT2D eigenvalue weighted by molar-refractivity contribution is -0.124. The van der Waals surface area contributed by atoms with E-state index in [9.17, 15) is 4.79 Å². The average Bonchev–Trinajstić information content (AvgIpc) is 3.10. The molecule has 0 bridgehead atoms. The highest BCUT2D eigenvalue weighted by Gasteiger charge is 2.24. The monoisotopic (exact) mass is 302 g/mol. The first-order chi connectivity index (χ1) is 10.8. The number of nitrogens with one attached hydrogen (secondary N) is 1. The second-order valence-corrected chi connectivity index (χ2v) is 6.29. The predicted molar refractivity (Wildman–Crippen MR) is 89.3 cm³/mol. The van der Waals surface area contributed by atoms with Gasteiger partial charge in [0.25, 0.3) is 5.91 Å². The van der Waals surface area contributed by atoms with Crippen LogP contribution >= 0.6 is 0 Å². The molecular formula is C18H26N2O2. The predicted octanol–water partition coefficient (Wildman–Crippen LogP) is 3.57. The maximum Gasteiger partial charge on any atom is 0.253 e. The van der Waals surface area contributed by atoms with Crippen molar-refractivity contribution in [3.05, 3.63) is 24.3 Å². The first-order valence-corrected chi connectivity index (χ1v) is 8.57. The third-order valence-electron chi connectivity index (χ3n) is 4.79. The Hall–Kier alpha value is -1.55. The lowest BCUT2D eigenvalue weighted by Crippen LogP contribution is -2.39. The van der Waals surface area contributed by atoms with Crippen LogP contribution in [0.4, 0.5) is 11.4 Å². The van der Waals surface area contributed by atoms with Crippen molar-refractivity contribution in [2.24, 2.45) is 0 Å². The van der Waals surface area contributed by atoms with Crippen LogP contribution in [-0.4, -0.2) is 31.2 Å². The molecule has 0 aliphatic carbocycles. The maximum absolute atomic E-state index is 12.1. The summed E-state index contributed by atoms with van der Waals surface area (Å²) < 4.78 is 5.41. The number of rotatable bonds is 4. The highest BCUT2D eigenvalue weighted by atomic mass is 16.5. The van der Waals surface area contributed by atoms with Crippen molar-refractivity contribution in [3.8, 4) is 0 Å². The van der Waals surface area contributed by atoms with Gasteiger partial charge in [0, 0.05) is 30.6 Å². The van der Waals surface area contributed by atoms with Crippen molar-refractivity contribution in [1.29, 1.82) is 0 Å². The summed E-state index contributed by atoms with van der Waals surface area (Å²) in [5.41, 5.74) is 2.12. The summed E-state index contributed by atoms with van der Waals surface area (Å²) in [7, 11) is 0. The number of anilines is 2. The summed E-state index contributed by atoms with van der Waals surface area (Å²) in [6, 6.07) is 8.91. The first-order valence-electron chi connectivity index (χ1n) is 8.57. The third kappa shape index (κ3) is 3.43. The van der Waals surface area contributed by atoms with E-state index < -0.39 is 0 Å². The Balaban J connectivity index is 1.63. The molecule has 2 unspecified atom stereocenters. The average molecular weight is 302 g/mol. The molecule has 3 rings (SSSR count). The van der Waals surface area contributed by atoms with Gasteiger partial charge in [0.2, 0.25) is 0 Å². The van der Waals surface area contributed by atoms with Gasteiger partial charge in [-0.2, -0.15) is 0 Å². The second kappa shape index (κ2) is 7.14. The van der Waals surface area contributed by atoms with Gasteiger partial charge in [-0.3, -0.25) is 4.79 Å². The molecule has 2 aliphatic rings. The summed E-state index contributed by atoms with van der Waals surface area (Å²) in [6.07, 6.45) is 6.62. The van der Waals surface area contributed by atoms with Crippen LogP contribution in [-0.2, 0) is 9.53 Å². The van der Waals surface area contributed by atoms with Crippen molar-refractivity contribution in [2.45, 2.75) is 57.6 Å². The minimum absolute atomic E-state index is 0.0188. The van der Waals surface area contributed by atoms with Gasteiger partial charge in [0.15, 0.2) is 0 Å². The van der Waals surface area contributed by atoms with E-state index in [0.717, 1.165) is 25.1 Å². The smallest absolute Gasteiger partial charge is 0.253 e. The summed E-state index contributed by atoms with van der Waals surface area (Å²) in [6.45, 7) is 4.10. The number of ether oxygens (including phenoxy) is 1. The molecule has 1 aromatic carbocycles. The van der Waals surface area contributed by atoms with Gasteiger partial charge in [-0.25, -0.2) is 0 Å². The van der Waals surface area contributed by atoms with Crippen molar-refractivity contribution in [3.63, 3.8) is 0 Å². The molecule has 0 radical (unpaired) electrons. The zero-order chi connectivity index (χ0) is 15.4. The maximum atomic E-state index is 12.1. The van der Waals surface area contributed by atoms with Gasteiger partial charge in [-0.15, -0.1) is 0 Å². The second-order valence-electron chi connectivity index (χ2n) is 6.29. The van der Waals surface area contributed by atoms with Crippen LogP contribution in [0.5, 0.6) is 0 Å². The number of benzene rings is 1. The molecule has 0 spiro atoms. The van der Waals surface area contributed by atoms with Crippen molar-refractivity contribution >= 4 is 17.3 Å². The number of carbonyl (C=O) groups excluding carboxylic acids is 1. The van der Waals surface area contributed by atoms with Crippen molar-refractivity contribution in [2.75, 3.05) is 23.4 Å². The molecule has 0 saturated carbocycles. The van der Waals surface area contributed by atoms with E-state index >= 15 is 0 Å². The summed E-state index contributed by atoms with van der Waals surface area (Å²) >= 11 is 0. The van der Waals surface area contributed by atoms with Crippen LogP contribution in [0, 0.1) is 0 Å². The molecule has 2 aliphatic heterocycles. The third-order valence-corrected chi connectivity index (χ3v) is 4.79. The lowest BCUT2D eigenvalue weighted by Gasteiger charge is -2.37. The Bertz CT molecular complexity index is 494. The fraction of sp³-hybridized carbons (Fsp3) is 0.611. The zero-order valence-corrected chi connectivity index (χ0v) is 13.4. The van der Waals surface area contributed by atoms with E-state index in [1.165, 1.54) is 31.4 Å². The van der Waals surface area contributed by atoms with E-state index in [1.54, 1.807) is 0 Å². The summed E-state index contributed by atoms with van der Waals surface area (Å²) in [5.74, 6) is -0.0188. The normalized spacial score (nSPS) is 25.2. The SMILES string of the molecule is CCC1CCCCN1c1ccc(NC(=O)C2CCCO2)cc1. The molecule has 1 aromatic rings. The molecule has 2 saturated heterocycles. The molecule has 22 heavy (non-hydrogen) atoms. The number of amides is 1. The van der Waals surface area contributed by atoms with Crippen LogP contribution in [0.3, 0.4) is 0 Å². The van der Waals surface area contributed by atoms with Gasteiger partial charge >= 0.3 is 0 Å². The molecule has 1 amide bonds. The zero-order valence-electron chi connectivity index (χ0n) is 13.4. The van der Waals surface area contributed by atoms with Gasteiger partial charge in [-0.1, -0.05) is 6.92 Å². The lowest BCUT2D eigenvalue weighted by atomic mass is 9.99. The Morgan fingerprint density at radius 1 is 1.23 bits per heavy atom. The quantitative estimate of drug-likeness (QED) is 0.924. The molecule has 2 heterocycles. The largest absolute Gasteiger partial charge is 0.369 e. The fourth-order valence-corrected chi connectivity index (χ4v) is 3.51. The number of hydrogen-bond acceptors (Lipinski definition) is 3. The highest BCUT2D eigenvalue weighted by Crippen LogP contribution is 2.27. The standard InChI is InChI=1S/C18H26N2O2/c1-2-15-6-3-4-12-20(15)16-10-8-14(9-11-16)19-18(21)17-7-5-13-22-17/h8-11,15,17H,2-7,12-13H2,1H3,(H,19,21). The van der Waals surface area contributed by atoms with Crippen LogP contribution in [0.15, 0.2) is 24.3 Å². The van der Waals surface area contributed by atoms with Gasteiger partial charge < -0.3 is 15.0 Å².